The number of nitrogens with one attached hydrogen (secondary N) is 2. The highest BCUT2D eigenvalue weighted by atomic mass is 35.5. The van der Waals surface area contributed by atoms with Gasteiger partial charge in [0.05, 0.1) is 0 Å². The van der Waals surface area contributed by atoms with E-state index in [0.717, 1.165) is 0 Å². The second kappa shape index (κ2) is 14.9. The third-order valence-electron chi connectivity index (χ3n) is 6.02. The number of carbonyl (C=O) groups is 4. The van der Waals surface area contributed by atoms with Gasteiger partial charge in [-0.1, -0.05) is 37.0 Å². The molecule has 2 aliphatic rings. The van der Waals surface area contributed by atoms with Crippen LogP contribution in [0.4, 0.5) is 9.59 Å². The third kappa shape index (κ3) is 9.60. The molecule has 0 aromatic rings. The first kappa shape index (κ1) is 34.0. The van der Waals surface area contributed by atoms with E-state index >= 15 is 0 Å². The van der Waals surface area contributed by atoms with Gasteiger partial charge in [-0.3, -0.25) is 19.4 Å². The maximum atomic E-state index is 12.3. The minimum atomic E-state index is -0.194. The molecule has 0 fully saturated rings. The number of nitrogens with zero attached hydrogens (tertiary/aromatic N) is 2. The molecule has 2 atom stereocenters. The summed E-state index contributed by atoms with van der Waals surface area (Å²) in [6, 6.07) is -0.379. The maximum absolute atomic E-state index is 12.3. The molecule has 0 unspecified atom stereocenters. The summed E-state index contributed by atoms with van der Waals surface area (Å²) in [6.07, 6.45) is 2.24. The Morgan fingerprint density at radius 1 is 0.658 bits per heavy atom. The van der Waals surface area contributed by atoms with Crippen molar-refractivity contribution in [1.29, 1.82) is 0 Å². The summed E-state index contributed by atoms with van der Waals surface area (Å²) in [6.45, 7) is 19.3. The minimum Gasteiger partial charge on any atom is -0.336 e. The first-order valence-electron chi connectivity index (χ1n) is 13.5. The minimum absolute atomic E-state index is 0.0411. The molecule has 0 bridgehead atoms. The Hall–Kier alpha value is -2.06. The Morgan fingerprint density at radius 3 is 1.18 bits per heavy atom. The lowest BCUT2D eigenvalue weighted by Crippen LogP contribution is -2.47. The van der Waals surface area contributed by atoms with E-state index in [9.17, 15) is 19.2 Å². The molecule has 8 nitrogen and oxygen atoms in total. The highest BCUT2D eigenvalue weighted by molar-refractivity contribution is 6.43. The van der Waals surface area contributed by atoms with Gasteiger partial charge in [0.2, 0.25) is 0 Å². The van der Waals surface area contributed by atoms with Crippen molar-refractivity contribution in [1.82, 2.24) is 20.4 Å². The average molecular weight is 574 g/mol. The van der Waals surface area contributed by atoms with E-state index in [2.05, 4.69) is 10.6 Å². The average Bonchev–Trinajstić information content (AvgIpc) is 2.74. The van der Waals surface area contributed by atoms with E-state index in [1.165, 1.54) is 0 Å². The monoisotopic (exact) mass is 572 g/mol. The van der Waals surface area contributed by atoms with E-state index in [-0.39, 0.29) is 69.7 Å². The molecule has 0 heterocycles. The standard InChI is InChI=1S/2C14H23ClN2O2/c2*1-8(2)16-14(19)17(9(3)4)11-6-10(5)7-12(18)13(11)15/h2*8-10H,6-7H2,1-5H3,(H,16,19)/t2*10-/m00/s1. The van der Waals surface area contributed by atoms with Crippen LogP contribution < -0.4 is 10.6 Å². The Kier molecular flexibility index (Phi) is 13.3. The SMILES string of the molecule is CC(C)NC(=O)N(C1=C(Cl)C(=O)C[C@@H](C)C1)C(C)C.CC(C)NC(=O)N(C1=C(Cl)C(=O)C[C@@H](C)C1)C(C)C. The zero-order valence-corrected chi connectivity index (χ0v) is 26.1. The van der Waals surface area contributed by atoms with Crippen molar-refractivity contribution in [3.8, 4) is 0 Å². The molecule has 0 saturated heterocycles. The molecule has 0 saturated carbocycles. The topological polar surface area (TPSA) is 98.8 Å². The van der Waals surface area contributed by atoms with Crippen LogP contribution in [-0.4, -0.2) is 57.6 Å². The van der Waals surface area contributed by atoms with Gasteiger partial charge in [0, 0.05) is 48.4 Å². The van der Waals surface area contributed by atoms with Gasteiger partial charge in [0.25, 0.3) is 0 Å². The molecular weight excluding hydrogens is 527 g/mol. The fraction of sp³-hybridized carbons (Fsp3) is 0.714. The molecule has 216 valence electrons. The molecular formula is C28H46Cl2N4O4. The lowest BCUT2D eigenvalue weighted by Gasteiger charge is -2.34. The number of ketones is 2. The van der Waals surface area contributed by atoms with E-state index in [0.29, 0.717) is 37.1 Å². The zero-order chi connectivity index (χ0) is 29.5. The number of urea groups is 2. The van der Waals surface area contributed by atoms with E-state index in [1.807, 2.05) is 69.2 Å². The Morgan fingerprint density at radius 2 is 0.947 bits per heavy atom. The summed E-state index contributed by atoms with van der Waals surface area (Å²) < 4.78 is 0. The highest BCUT2D eigenvalue weighted by Crippen LogP contribution is 2.33. The van der Waals surface area contributed by atoms with Crippen molar-refractivity contribution >= 4 is 46.8 Å². The smallest absolute Gasteiger partial charge is 0.322 e. The highest BCUT2D eigenvalue weighted by Gasteiger charge is 2.33. The summed E-state index contributed by atoms with van der Waals surface area (Å²) in [5, 5.41) is 6.14. The quantitative estimate of drug-likeness (QED) is 0.378. The molecule has 0 radical (unpaired) electrons. The number of halogens is 2. The van der Waals surface area contributed by atoms with Crippen molar-refractivity contribution < 1.29 is 19.2 Å². The number of allylic oxidation sites excluding steroid dienone is 4. The van der Waals surface area contributed by atoms with Crippen molar-refractivity contribution in [3.05, 3.63) is 21.5 Å². The number of Topliss-reactive ketones (excluding diaryl/α,β-unsaturated/α-hetero) is 2. The van der Waals surface area contributed by atoms with Crippen molar-refractivity contribution in [2.45, 2.75) is 119 Å². The van der Waals surface area contributed by atoms with Crippen LogP contribution in [0.2, 0.25) is 0 Å². The number of hydrogen-bond acceptors (Lipinski definition) is 4. The van der Waals surface area contributed by atoms with Gasteiger partial charge in [0.15, 0.2) is 11.6 Å². The Labute approximate surface area is 238 Å². The van der Waals surface area contributed by atoms with Crippen molar-refractivity contribution in [3.63, 3.8) is 0 Å². The fourth-order valence-electron chi connectivity index (χ4n) is 4.50. The van der Waals surface area contributed by atoms with Gasteiger partial charge in [-0.05, 0) is 80.1 Å². The lowest BCUT2D eigenvalue weighted by molar-refractivity contribution is -0.117. The molecule has 2 aliphatic carbocycles. The summed E-state index contributed by atoms with van der Waals surface area (Å²) in [7, 11) is 0. The van der Waals surface area contributed by atoms with Gasteiger partial charge in [-0.15, -0.1) is 0 Å². The summed E-state index contributed by atoms with van der Waals surface area (Å²) in [5.41, 5.74) is 1.30. The van der Waals surface area contributed by atoms with Gasteiger partial charge in [0.1, 0.15) is 10.1 Å². The fourth-order valence-corrected chi connectivity index (χ4v) is 4.99. The van der Waals surface area contributed by atoms with E-state index < -0.39 is 0 Å². The van der Waals surface area contributed by atoms with Crippen LogP contribution in [0, 0.1) is 11.8 Å². The predicted molar refractivity (Wildman–Crippen MR) is 154 cm³/mol. The van der Waals surface area contributed by atoms with Crippen LogP contribution in [0.1, 0.15) is 94.9 Å². The zero-order valence-electron chi connectivity index (χ0n) is 24.6. The predicted octanol–water partition coefficient (Wildman–Crippen LogP) is 6.53. The van der Waals surface area contributed by atoms with Crippen LogP contribution in [-0.2, 0) is 9.59 Å². The Bertz CT molecular complexity index is 881. The summed E-state index contributed by atoms with van der Waals surface area (Å²) in [5.74, 6) is 0.299. The van der Waals surface area contributed by atoms with Crippen LogP contribution in [0.5, 0.6) is 0 Å². The van der Waals surface area contributed by atoms with Crippen LogP contribution >= 0.6 is 23.2 Å². The molecule has 0 aliphatic heterocycles. The van der Waals surface area contributed by atoms with Crippen LogP contribution in [0.15, 0.2) is 21.5 Å². The first-order valence-corrected chi connectivity index (χ1v) is 14.3. The molecule has 2 N–H and O–H groups in total. The second-order valence-corrected chi connectivity index (χ2v) is 12.3. The number of rotatable bonds is 6. The summed E-state index contributed by atoms with van der Waals surface area (Å²) in [4.78, 5) is 51.4. The molecule has 0 spiro atoms. The maximum Gasteiger partial charge on any atom is 0.322 e. The second-order valence-electron chi connectivity index (χ2n) is 11.5. The van der Waals surface area contributed by atoms with E-state index in [1.54, 1.807) is 9.80 Å². The van der Waals surface area contributed by atoms with Crippen molar-refractivity contribution in [2.75, 3.05) is 0 Å². The largest absolute Gasteiger partial charge is 0.336 e. The van der Waals surface area contributed by atoms with Gasteiger partial charge < -0.3 is 10.6 Å². The number of carbonyl (C=O) groups excluding carboxylic acids is 4. The normalized spacial score (nSPS) is 20.2. The van der Waals surface area contributed by atoms with Crippen LogP contribution in [0.25, 0.3) is 0 Å². The lowest BCUT2D eigenvalue weighted by atomic mass is 9.91. The van der Waals surface area contributed by atoms with Crippen molar-refractivity contribution in [2.24, 2.45) is 11.8 Å². The molecule has 10 heteroatoms. The first-order chi connectivity index (χ1) is 17.5. The molecule has 0 aromatic heterocycles. The molecule has 0 aromatic carbocycles. The third-order valence-corrected chi connectivity index (χ3v) is 6.88. The van der Waals surface area contributed by atoms with Gasteiger partial charge in [-0.25, -0.2) is 9.59 Å². The molecule has 4 amide bonds. The van der Waals surface area contributed by atoms with Gasteiger partial charge >= 0.3 is 12.1 Å². The summed E-state index contributed by atoms with van der Waals surface area (Å²) >= 11 is 12.3. The van der Waals surface area contributed by atoms with E-state index in [4.69, 9.17) is 23.2 Å². The molecule has 38 heavy (non-hydrogen) atoms. The molecule has 2 rings (SSSR count). The number of amides is 4. The Balaban J connectivity index is 0.000000380. The number of hydrogen-bond donors (Lipinski definition) is 2. The van der Waals surface area contributed by atoms with Crippen LogP contribution in [0.3, 0.4) is 0 Å². The van der Waals surface area contributed by atoms with Gasteiger partial charge in [-0.2, -0.15) is 0 Å².